The van der Waals surface area contributed by atoms with Crippen LogP contribution in [-0.4, -0.2) is 35.4 Å². The van der Waals surface area contributed by atoms with Gasteiger partial charge in [-0.15, -0.1) is 0 Å². The van der Waals surface area contributed by atoms with Crippen LogP contribution in [0.15, 0.2) is 72.8 Å². The largest absolute Gasteiger partial charge is 0.489 e. The average Bonchev–Trinajstić information content (AvgIpc) is 3.32. The van der Waals surface area contributed by atoms with Crippen LogP contribution in [0.2, 0.25) is 0 Å². The highest BCUT2D eigenvalue weighted by Crippen LogP contribution is 2.40. The van der Waals surface area contributed by atoms with E-state index in [1.54, 1.807) is 0 Å². The molecule has 0 bridgehead atoms. The number of carbonyl (C=O) groups is 1. The molecule has 5 rings (SSSR count). The van der Waals surface area contributed by atoms with E-state index in [9.17, 15) is 9.90 Å². The van der Waals surface area contributed by atoms with E-state index in [2.05, 4.69) is 4.90 Å². The van der Waals surface area contributed by atoms with Crippen molar-refractivity contribution in [1.29, 1.82) is 0 Å². The Balaban J connectivity index is 1.49. The lowest BCUT2D eigenvalue weighted by molar-refractivity contribution is -0.145. The fourth-order valence-electron chi connectivity index (χ4n) is 4.70. The minimum Gasteiger partial charge on any atom is -0.489 e. The molecule has 33 heavy (non-hydrogen) atoms. The highest BCUT2D eigenvalue weighted by molar-refractivity contribution is 5.73. The van der Waals surface area contributed by atoms with Crippen LogP contribution in [0.5, 0.6) is 17.2 Å². The molecule has 1 saturated heterocycles. The first-order valence-electron chi connectivity index (χ1n) is 11.3. The van der Waals surface area contributed by atoms with Crippen LogP contribution in [0.4, 0.5) is 0 Å². The molecule has 0 amide bonds. The lowest BCUT2D eigenvalue weighted by Gasteiger charge is -2.39. The average molecular weight is 446 g/mol. The van der Waals surface area contributed by atoms with E-state index in [1.807, 2.05) is 72.8 Å². The van der Waals surface area contributed by atoms with Crippen molar-refractivity contribution in [2.45, 2.75) is 38.0 Å². The first kappa shape index (κ1) is 21.3. The van der Waals surface area contributed by atoms with E-state index >= 15 is 0 Å². The minimum absolute atomic E-state index is 0.202. The van der Waals surface area contributed by atoms with Crippen LogP contribution in [0.3, 0.4) is 0 Å². The lowest BCUT2D eigenvalue weighted by atomic mass is 9.91. The third kappa shape index (κ3) is 4.66. The molecule has 2 aliphatic rings. The van der Waals surface area contributed by atoms with Crippen molar-refractivity contribution in [3.8, 4) is 17.2 Å². The number of ether oxygens (including phenoxy) is 3. The fourth-order valence-corrected chi connectivity index (χ4v) is 4.70. The van der Waals surface area contributed by atoms with E-state index < -0.39 is 12.0 Å². The second-order valence-electron chi connectivity index (χ2n) is 8.45. The van der Waals surface area contributed by atoms with Crippen molar-refractivity contribution < 1.29 is 24.1 Å². The molecular weight excluding hydrogens is 418 g/mol. The molecule has 0 aromatic heterocycles. The first-order valence-corrected chi connectivity index (χ1v) is 11.3. The highest BCUT2D eigenvalue weighted by atomic mass is 16.7. The topological polar surface area (TPSA) is 68.2 Å². The van der Waals surface area contributed by atoms with Gasteiger partial charge in [-0.2, -0.15) is 0 Å². The van der Waals surface area contributed by atoms with Gasteiger partial charge in [0.2, 0.25) is 6.79 Å². The predicted octanol–water partition coefficient (Wildman–Crippen LogP) is 5.02. The summed E-state index contributed by atoms with van der Waals surface area (Å²) in [7, 11) is 0. The molecule has 2 heterocycles. The standard InChI is InChI=1S/C27H27NO5/c29-27(30)23-11-4-5-14-28(23)26(21-12-13-24-25(16-21)33-18-32-24)20-9-6-10-22(15-20)31-17-19-7-2-1-3-8-19/h1-3,6-10,12-13,15-16,23,26H,4-5,11,14,17-18H2,(H,29,30). The Kier molecular flexibility index (Phi) is 6.17. The summed E-state index contributed by atoms with van der Waals surface area (Å²) in [5.74, 6) is 1.38. The molecule has 2 atom stereocenters. The van der Waals surface area contributed by atoms with E-state index in [-0.39, 0.29) is 12.8 Å². The highest BCUT2D eigenvalue weighted by Gasteiger charge is 2.35. The van der Waals surface area contributed by atoms with Crippen LogP contribution in [-0.2, 0) is 11.4 Å². The number of aliphatic carboxylic acids is 1. The maximum absolute atomic E-state index is 12.1. The molecular formula is C27H27NO5. The fraction of sp³-hybridized carbons (Fsp3) is 0.296. The van der Waals surface area contributed by atoms with Gasteiger partial charge >= 0.3 is 5.97 Å². The molecule has 0 radical (unpaired) electrons. The summed E-state index contributed by atoms with van der Waals surface area (Å²) in [4.78, 5) is 14.2. The number of nitrogens with zero attached hydrogens (tertiary/aromatic N) is 1. The summed E-state index contributed by atoms with van der Waals surface area (Å²) in [5.41, 5.74) is 3.07. The smallest absolute Gasteiger partial charge is 0.320 e. The summed E-state index contributed by atoms with van der Waals surface area (Å²) < 4.78 is 17.2. The third-order valence-corrected chi connectivity index (χ3v) is 6.30. The van der Waals surface area contributed by atoms with Gasteiger partial charge in [-0.05, 0) is 60.3 Å². The molecule has 0 saturated carbocycles. The number of rotatable bonds is 7. The molecule has 2 aliphatic heterocycles. The second-order valence-corrected chi connectivity index (χ2v) is 8.45. The molecule has 0 spiro atoms. The Morgan fingerprint density at radius 2 is 1.79 bits per heavy atom. The van der Waals surface area contributed by atoms with Gasteiger partial charge in [-0.1, -0.05) is 55.0 Å². The van der Waals surface area contributed by atoms with Crippen molar-refractivity contribution in [1.82, 2.24) is 4.90 Å². The van der Waals surface area contributed by atoms with Crippen LogP contribution in [0.25, 0.3) is 0 Å². The number of likely N-dealkylation sites (tertiary alicyclic amines) is 1. The zero-order valence-corrected chi connectivity index (χ0v) is 18.4. The predicted molar refractivity (Wildman–Crippen MR) is 124 cm³/mol. The molecule has 2 unspecified atom stereocenters. The summed E-state index contributed by atoms with van der Waals surface area (Å²) in [5, 5.41) is 9.96. The summed E-state index contributed by atoms with van der Waals surface area (Å²) in [6.45, 7) is 1.39. The Hall–Kier alpha value is -3.51. The van der Waals surface area contributed by atoms with Gasteiger partial charge in [0.1, 0.15) is 18.4 Å². The van der Waals surface area contributed by atoms with Gasteiger partial charge < -0.3 is 19.3 Å². The molecule has 3 aromatic carbocycles. The summed E-state index contributed by atoms with van der Waals surface area (Å²) in [6.07, 6.45) is 2.52. The van der Waals surface area contributed by atoms with Gasteiger partial charge in [0.25, 0.3) is 0 Å². The normalized spacial score (nSPS) is 18.6. The molecule has 1 fully saturated rings. The van der Waals surface area contributed by atoms with Crippen LogP contribution < -0.4 is 14.2 Å². The van der Waals surface area contributed by atoms with Crippen molar-refractivity contribution >= 4 is 5.97 Å². The number of carboxylic acid groups (broad SMARTS) is 1. The van der Waals surface area contributed by atoms with Crippen LogP contribution in [0, 0.1) is 0 Å². The zero-order chi connectivity index (χ0) is 22.6. The van der Waals surface area contributed by atoms with Crippen molar-refractivity contribution in [3.05, 3.63) is 89.5 Å². The summed E-state index contributed by atoms with van der Waals surface area (Å²) >= 11 is 0. The molecule has 6 heteroatoms. The van der Waals surface area contributed by atoms with Gasteiger partial charge in [0, 0.05) is 0 Å². The van der Waals surface area contributed by atoms with Gasteiger partial charge in [-0.3, -0.25) is 9.69 Å². The van der Waals surface area contributed by atoms with E-state index in [0.29, 0.717) is 31.1 Å². The number of hydrogen-bond donors (Lipinski definition) is 1. The van der Waals surface area contributed by atoms with Crippen molar-refractivity contribution in [2.24, 2.45) is 0 Å². The maximum atomic E-state index is 12.1. The number of piperidine rings is 1. The molecule has 6 nitrogen and oxygen atoms in total. The number of fused-ring (bicyclic) bond motifs is 1. The number of hydrogen-bond acceptors (Lipinski definition) is 5. The number of carboxylic acids is 1. The number of benzene rings is 3. The third-order valence-electron chi connectivity index (χ3n) is 6.30. The molecule has 170 valence electrons. The quantitative estimate of drug-likeness (QED) is 0.551. The maximum Gasteiger partial charge on any atom is 0.320 e. The van der Waals surface area contributed by atoms with Gasteiger partial charge in [-0.25, -0.2) is 0 Å². The molecule has 3 aromatic rings. The summed E-state index contributed by atoms with van der Waals surface area (Å²) in [6, 6.07) is 23.1. The Labute approximate surface area is 193 Å². The molecule has 1 N–H and O–H groups in total. The lowest BCUT2D eigenvalue weighted by Crippen LogP contribution is -2.46. The van der Waals surface area contributed by atoms with E-state index in [0.717, 1.165) is 35.3 Å². The Morgan fingerprint density at radius 3 is 2.64 bits per heavy atom. The Bertz CT molecular complexity index is 1120. The van der Waals surface area contributed by atoms with Crippen LogP contribution >= 0.6 is 0 Å². The SMILES string of the molecule is O=C(O)C1CCCCN1C(c1cccc(OCc2ccccc2)c1)c1ccc2c(c1)OCO2. The van der Waals surface area contributed by atoms with Gasteiger partial charge in [0.15, 0.2) is 11.5 Å². The second kappa shape index (κ2) is 9.55. The van der Waals surface area contributed by atoms with Crippen molar-refractivity contribution in [3.63, 3.8) is 0 Å². The van der Waals surface area contributed by atoms with Crippen LogP contribution in [0.1, 0.15) is 42.0 Å². The van der Waals surface area contributed by atoms with Crippen molar-refractivity contribution in [2.75, 3.05) is 13.3 Å². The zero-order valence-electron chi connectivity index (χ0n) is 18.4. The van der Waals surface area contributed by atoms with Gasteiger partial charge in [0.05, 0.1) is 6.04 Å². The Morgan fingerprint density at radius 1 is 0.970 bits per heavy atom. The monoisotopic (exact) mass is 445 g/mol. The molecule has 0 aliphatic carbocycles. The van der Waals surface area contributed by atoms with E-state index in [4.69, 9.17) is 14.2 Å². The minimum atomic E-state index is -0.781. The van der Waals surface area contributed by atoms with E-state index in [1.165, 1.54) is 0 Å². The first-order chi connectivity index (χ1) is 16.2.